The average Bonchev–Trinajstić information content (AvgIpc) is 3.69. The summed E-state index contributed by atoms with van der Waals surface area (Å²) in [5, 5.41) is 10.2. The first-order valence-electron chi connectivity index (χ1n) is 15.7. The van der Waals surface area contributed by atoms with Gasteiger partial charge in [-0.05, 0) is 66.5 Å². The topological polar surface area (TPSA) is 165 Å². The molecule has 2 fully saturated rings. The molecule has 3 aliphatic rings. The predicted molar refractivity (Wildman–Crippen MR) is 168 cm³/mol. The zero-order valence-electron chi connectivity index (χ0n) is 26.0. The lowest BCUT2D eigenvalue weighted by atomic mass is 9.68. The van der Waals surface area contributed by atoms with Crippen LogP contribution in [0.15, 0.2) is 43.2 Å². The van der Waals surface area contributed by atoms with E-state index in [4.69, 9.17) is 4.74 Å². The average molecular weight is 650 g/mol. The highest BCUT2D eigenvalue weighted by Crippen LogP contribution is 2.48. The molecule has 0 radical (unpaired) electrons. The Morgan fingerprint density at radius 3 is 2.67 bits per heavy atom. The van der Waals surface area contributed by atoms with E-state index in [2.05, 4.69) is 39.2 Å². The van der Waals surface area contributed by atoms with Crippen molar-refractivity contribution in [1.82, 2.24) is 34.5 Å². The summed E-state index contributed by atoms with van der Waals surface area (Å²) in [6, 6.07) is 7.14. The number of benzene rings is 1. The van der Waals surface area contributed by atoms with Crippen LogP contribution in [0.4, 0.5) is 0 Å². The number of esters is 1. The fourth-order valence-corrected chi connectivity index (χ4v) is 8.24. The molecule has 0 spiro atoms. The van der Waals surface area contributed by atoms with E-state index in [0.29, 0.717) is 31.8 Å². The van der Waals surface area contributed by atoms with Crippen LogP contribution in [0.25, 0.3) is 5.78 Å². The summed E-state index contributed by atoms with van der Waals surface area (Å²) in [6.45, 7) is 6.86. The van der Waals surface area contributed by atoms with Gasteiger partial charge in [-0.25, -0.2) is 13.4 Å². The van der Waals surface area contributed by atoms with E-state index in [-0.39, 0.29) is 66.0 Å². The van der Waals surface area contributed by atoms with Gasteiger partial charge in [-0.3, -0.25) is 14.4 Å². The van der Waals surface area contributed by atoms with Gasteiger partial charge in [0.2, 0.25) is 10.0 Å². The molecule has 244 valence electrons. The molecule has 2 aliphatic carbocycles. The second-order valence-electron chi connectivity index (χ2n) is 12.6. The fraction of sp³-hybridized carbons (Fsp3) is 0.500. The number of hydrogen-bond acceptors (Lipinski definition) is 9. The summed E-state index contributed by atoms with van der Waals surface area (Å²) in [4.78, 5) is 48.0. The zero-order valence-corrected chi connectivity index (χ0v) is 26.8. The SMILES string of the molecule is C=CCOC(=O)[C@H]1CCC2C(CC[C@@H]2NC(=O)c2cc(C(=O)NCc3ccc4c(c3)CN(S(C)(=O)=O)CC4)nc3ncnn23)[C@H]1C. The maximum atomic E-state index is 13.7. The Morgan fingerprint density at radius 2 is 1.89 bits per heavy atom. The third-order valence-electron chi connectivity index (χ3n) is 9.85. The first-order valence-corrected chi connectivity index (χ1v) is 17.5. The van der Waals surface area contributed by atoms with E-state index in [0.717, 1.165) is 36.0 Å². The third-order valence-corrected chi connectivity index (χ3v) is 11.1. The smallest absolute Gasteiger partial charge is 0.309 e. The Bertz CT molecular complexity index is 1790. The Kier molecular flexibility index (Phi) is 8.92. The standard InChI is InChI=1S/C32H39N7O6S/c1-4-13-45-31(42)24-7-8-25-23(19(24)2)9-10-26(25)36-30(41)28-15-27(37-32-34-18-35-39(28)32)29(40)33-16-20-5-6-21-11-12-38(46(3,43)44)17-22(21)14-20/h4-6,14-15,18-19,23-26H,1,7-13,16-17H2,2-3H3,(H,33,40)(H,36,41)/t19-,23?,24+,25?,26+/m1/s1. The highest BCUT2D eigenvalue weighted by molar-refractivity contribution is 7.88. The van der Waals surface area contributed by atoms with Crippen LogP contribution in [0.1, 0.15) is 70.3 Å². The molecule has 2 amide bonds. The van der Waals surface area contributed by atoms with Gasteiger partial charge in [0.15, 0.2) is 0 Å². The van der Waals surface area contributed by atoms with Crippen molar-refractivity contribution in [3.05, 3.63) is 71.3 Å². The van der Waals surface area contributed by atoms with Gasteiger partial charge in [0.1, 0.15) is 24.3 Å². The minimum absolute atomic E-state index is 0.0309. The van der Waals surface area contributed by atoms with Gasteiger partial charge in [0.25, 0.3) is 17.6 Å². The van der Waals surface area contributed by atoms with Crippen molar-refractivity contribution in [2.45, 2.75) is 58.2 Å². The number of hydrogen-bond donors (Lipinski definition) is 2. The largest absolute Gasteiger partial charge is 0.461 e. The number of aromatic nitrogens is 4. The molecule has 1 aromatic carbocycles. The Balaban J connectivity index is 1.12. The van der Waals surface area contributed by atoms with Crippen LogP contribution in [0.5, 0.6) is 0 Å². The van der Waals surface area contributed by atoms with Crippen LogP contribution in [0, 0.1) is 23.7 Å². The van der Waals surface area contributed by atoms with Crippen LogP contribution < -0.4 is 10.6 Å². The van der Waals surface area contributed by atoms with E-state index in [1.807, 2.05) is 18.2 Å². The molecule has 46 heavy (non-hydrogen) atoms. The van der Waals surface area contributed by atoms with Crippen molar-refractivity contribution in [3.63, 3.8) is 0 Å². The molecule has 0 bridgehead atoms. The number of ether oxygens (including phenoxy) is 1. The van der Waals surface area contributed by atoms with E-state index >= 15 is 0 Å². The lowest BCUT2D eigenvalue weighted by Gasteiger charge is -2.38. The Morgan fingerprint density at radius 1 is 1.09 bits per heavy atom. The minimum Gasteiger partial charge on any atom is -0.461 e. The van der Waals surface area contributed by atoms with Gasteiger partial charge in [-0.15, -0.1) is 0 Å². The molecule has 2 saturated carbocycles. The predicted octanol–water partition coefficient (Wildman–Crippen LogP) is 2.27. The summed E-state index contributed by atoms with van der Waals surface area (Å²) in [5.41, 5.74) is 3.00. The molecule has 2 N–H and O–H groups in total. The number of sulfonamides is 1. The van der Waals surface area contributed by atoms with Crippen LogP contribution in [-0.4, -0.2) is 75.5 Å². The molecule has 13 nitrogen and oxygen atoms in total. The lowest BCUT2D eigenvalue weighted by Crippen LogP contribution is -2.44. The summed E-state index contributed by atoms with van der Waals surface area (Å²) in [6.07, 6.45) is 7.91. The molecule has 6 rings (SSSR count). The second-order valence-corrected chi connectivity index (χ2v) is 14.6. The molecule has 3 aromatic rings. The molecular formula is C32H39N7O6S. The number of nitrogens with one attached hydrogen (secondary N) is 2. The summed E-state index contributed by atoms with van der Waals surface area (Å²) in [7, 11) is -3.30. The van der Waals surface area contributed by atoms with Gasteiger partial charge >= 0.3 is 5.97 Å². The summed E-state index contributed by atoms with van der Waals surface area (Å²) >= 11 is 0. The van der Waals surface area contributed by atoms with Gasteiger partial charge < -0.3 is 15.4 Å². The maximum absolute atomic E-state index is 13.7. The molecule has 1 aliphatic heterocycles. The molecule has 5 atom stereocenters. The summed E-state index contributed by atoms with van der Waals surface area (Å²) in [5.74, 6) is -0.388. The van der Waals surface area contributed by atoms with Gasteiger partial charge in [0.05, 0.1) is 12.2 Å². The number of fused-ring (bicyclic) bond motifs is 3. The van der Waals surface area contributed by atoms with Crippen molar-refractivity contribution in [1.29, 1.82) is 0 Å². The van der Waals surface area contributed by atoms with Crippen LogP contribution in [0.3, 0.4) is 0 Å². The number of amides is 2. The molecular weight excluding hydrogens is 610 g/mol. The van der Waals surface area contributed by atoms with Crippen LogP contribution >= 0.6 is 0 Å². The Hall–Kier alpha value is -4.17. The minimum atomic E-state index is -3.30. The van der Waals surface area contributed by atoms with Crippen LogP contribution in [-0.2, 0) is 39.1 Å². The van der Waals surface area contributed by atoms with E-state index in [1.54, 1.807) is 6.08 Å². The van der Waals surface area contributed by atoms with Gasteiger partial charge in [-0.2, -0.15) is 18.9 Å². The number of carbonyl (C=O) groups excluding carboxylic acids is 3. The van der Waals surface area contributed by atoms with Crippen molar-refractivity contribution >= 4 is 33.6 Å². The second kappa shape index (κ2) is 12.9. The number of nitrogens with zero attached hydrogens (tertiary/aromatic N) is 5. The third kappa shape index (κ3) is 6.41. The van der Waals surface area contributed by atoms with E-state index in [9.17, 15) is 22.8 Å². The van der Waals surface area contributed by atoms with Crippen LogP contribution in [0.2, 0.25) is 0 Å². The maximum Gasteiger partial charge on any atom is 0.309 e. The first kappa shape index (κ1) is 31.8. The normalized spacial score (nSPS) is 24.5. The van der Waals surface area contributed by atoms with Crippen molar-refractivity contribution < 1.29 is 27.5 Å². The summed E-state index contributed by atoms with van der Waals surface area (Å²) < 4.78 is 32.2. The molecule has 2 unspecified atom stereocenters. The lowest BCUT2D eigenvalue weighted by molar-refractivity contribution is -0.152. The zero-order chi connectivity index (χ0) is 32.6. The van der Waals surface area contributed by atoms with E-state index in [1.165, 1.54) is 27.5 Å². The highest BCUT2D eigenvalue weighted by atomic mass is 32.2. The highest BCUT2D eigenvalue weighted by Gasteiger charge is 2.47. The molecule has 3 heterocycles. The quantitative estimate of drug-likeness (QED) is 0.261. The fourth-order valence-electron chi connectivity index (χ4n) is 7.44. The number of rotatable bonds is 9. The first-order chi connectivity index (χ1) is 22.0. The van der Waals surface area contributed by atoms with Crippen molar-refractivity contribution in [2.75, 3.05) is 19.4 Å². The van der Waals surface area contributed by atoms with Crippen molar-refractivity contribution in [2.24, 2.45) is 23.7 Å². The monoisotopic (exact) mass is 649 g/mol. The number of carbonyl (C=O) groups is 3. The van der Waals surface area contributed by atoms with E-state index < -0.39 is 15.9 Å². The van der Waals surface area contributed by atoms with Gasteiger partial charge in [0, 0.05) is 31.7 Å². The van der Waals surface area contributed by atoms with Crippen molar-refractivity contribution in [3.8, 4) is 0 Å². The molecule has 14 heteroatoms. The molecule has 2 aromatic heterocycles. The van der Waals surface area contributed by atoms with Gasteiger partial charge in [-0.1, -0.05) is 37.8 Å². The molecule has 0 saturated heterocycles. The Labute approximate surface area is 267 Å².